The van der Waals surface area contributed by atoms with Gasteiger partial charge >= 0.3 is 0 Å². The first kappa shape index (κ1) is 52.8. The van der Waals surface area contributed by atoms with Gasteiger partial charge in [-0.1, -0.05) is 264 Å². The zero-order valence-electron chi connectivity index (χ0n) is 50.2. The topological polar surface area (TPSA) is 19.7 Å². The highest BCUT2D eigenvalue weighted by Gasteiger charge is 2.45. The number of hydrogen-bond donors (Lipinski definition) is 0. The Morgan fingerprint density at radius 2 is 0.571 bits per heavy atom. The number of benzene rings is 14. The molecule has 0 bridgehead atoms. The van der Waals surface area contributed by atoms with Crippen LogP contribution in [-0.4, -0.2) is 35.1 Å². The van der Waals surface area contributed by atoms with Gasteiger partial charge < -0.3 is 18.3 Å². The summed E-state index contributed by atoms with van der Waals surface area (Å²) in [5, 5.41) is 19.6. The average Bonchev–Trinajstić information content (AvgIpc) is 1.32. The molecule has 0 radical (unpaired) electrons. The molecule has 0 aliphatic rings. The van der Waals surface area contributed by atoms with E-state index in [1.54, 1.807) is 0 Å². The standard InChI is InChI=1S/C85H60N4Si2/c1-58-26-8-22-48-84(58)91(65-32-6-3-7-33-65,66-34-25-28-60(55-66)87-80-46-20-14-40-72(80)74-57-62(51-53-82(74)87)89-77-43-17-11-37-69(77)70-38-12-18-44-78(70)89)85-49-23-21-47-83(85)90(63-29-4-2-5-30-63)64-31-24-27-59(54-64)86-79-45-19-13-39-71(79)73-56-61(50-52-81(73)86)88-75-41-15-9-35-67(75)68-36-10-16-42-76(68)88/h2-57,90H,1H3. The number of aromatic nitrogens is 4. The molecule has 0 saturated carbocycles. The Morgan fingerprint density at radius 3 is 1.05 bits per heavy atom. The molecule has 91 heavy (non-hydrogen) atoms. The molecular formula is C85H60N4Si2. The fourth-order valence-corrected chi connectivity index (χ4v) is 25.1. The Bertz CT molecular complexity index is 5780. The van der Waals surface area contributed by atoms with E-state index >= 15 is 0 Å². The summed E-state index contributed by atoms with van der Waals surface area (Å²) in [5.74, 6) is 0. The van der Waals surface area contributed by atoms with Crippen LogP contribution in [0.2, 0.25) is 0 Å². The first-order chi connectivity index (χ1) is 45.1. The molecule has 6 heteroatoms. The van der Waals surface area contributed by atoms with Gasteiger partial charge in [0.1, 0.15) is 8.80 Å². The average molecular weight is 1190 g/mol. The molecule has 2 unspecified atom stereocenters. The molecule has 14 aromatic carbocycles. The lowest BCUT2D eigenvalue weighted by Gasteiger charge is -2.38. The highest BCUT2D eigenvalue weighted by molar-refractivity contribution is 7.22. The van der Waals surface area contributed by atoms with Crippen molar-refractivity contribution in [1.29, 1.82) is 0 Å². The van der Waals surface area contributed by atoms with Crippen molar-refractivity contribution in [2.75, 3.05) is 0 Å². The smallest absolute Gasteiger partial charge is 0.179 e. The minimum absolute atomic E-state index is 1.14. The molecule has 0 spiro atoms. The molecule has 18 rings (SSSR count). The van der Waals surface area contributed by atoms with Crippen LogP contribution >= 0.6 is 0 Å². The molecule has 4 aromatic heterocycles. The lowest BCUT2D eigenvalue weighted by Crippen LogP contribution is -2.79. The van der Waals surface area contributed by atoms with E-state index in [4.69, 9.17) is 0 Å². The zero-order chi connectivity index (χ0) is 60.2. The van der Waals surface area contributed by atoms with Crippen molar-refractivity contribution in [1.82, 2.24) is 18.3 Å². The van der Waals surface area contributed by atoms with Gasteiger partial charge in [-0.05, 0) is 125 Å². The second-order valence-electron chi connectivity index (χ2n) is 24.4. The minimum Gasteiger partial charge on any atom is -0.309 e. The number of hydrogen-bond acceptors (Lipinski definition) is 0. The van der Waals surface area contributed by atoms with Crippen molar-refractivity contribution >= 4 is 140 Å². The molecule has 4 heterocycles. The van der Waals surface area contributed by atoms with Crippen molar-refractivity contribution in [2.45, 2.75) is 6.92 Å². The van der Waals surface area contributed by atoms with Gasteiger partial charge in [0, 0.05) is 65.8 Å². The lowest BCUT2D eigenvalue weighted by molar-refractivity contribution is 1.17. The summed E-state index contributed by atoms with van der Waals surface area (Å²) in [6.45, 7) is 2.33. The molecule has 18 aromatic rings. The van der Waals surface area contributed by atoms with Crippen LogP contribution in [0.4, 0.5) is 0 Å². The first-order valence-electron chi connectivity index (χ1n) is 31.6. The Kier molecular flexibility index (Phi) is 12.3. The van der Waals surface area contributed by atoms with Crippen molar-refractivity contribution in [3.05, 3.63) is 345 Å². The Balaban J connectivity index is 0.838. The fourth-order valence-electron chi connectivity index (χ4n) is 15.8. The second kappa shape index (κ2) is 21.2. The third-order valence-electron chi connectivity index (χ3n) is 19.6. The van der Waals surface area contributed by atoms with Gasteiger partial charge in [0.25, 0.3) is 0 Å². The monoisotopic (exact) mass is 1190 g/mol. The highest BCUT2D eigenvalue weighted by Crippen LogP contribution is 2.39. The van der Waals surface area contributed by atoms with Crippen LogP contribution < -0.4 is 36.3 Å². The predicted octanol–water partition coefficient (Wildman–Crippen LogP) is 16.0. The van der Waals surface area contributed by atoms with Gasteiger partial charge in [0.05, 0.1) is 44.1 Å². The van der Waals surface area contributed by atoms with Crippen molar-refractivity contribution < 1.29 is 0 Å². The van der Waals surface area contributed by atoms with Crippen LogP contribution in [0, 0.1) is 6.92 Å². The number of fused-ring (bicyclic) bond motifs is 12. The Morgan fingerprint density at radius 1 is 0.231 bits per heavy atom. The molecule has 4 nitrogen and oxygen atoms in total. The van der Waals surface area contributed by atoms with E-state index in [0.29, 0.717) is 0 Å². The van der Waals surface area contributed by atoms with E-state index in [2.05, 4.69) is 365 Å². The van der Waals surface area contributed by atoms with E-state index in [1.165, 1.54) is 129 Å². The van der Waals surface area contributed by atoms with Gasteiger partial charge in [0.2, 0.25) is 0 Å². The Labute approximate surface area is 530 Å². The van der Waals surface area contributed by atoms with Crippen molar-refractivity contribution in [3.63, 3.8) is 0 Å². The molecule has 2 atom stereocenters. The van der Waals surface area contributed by atoms with Crippen LogP contribution in [0.5, 0.6) is 0 Å². The van der Waals surface area contributed by atoms with Crippen LogP contribution in [0.1, 0.15) is 5.56 Å². The first-order valence-corrected chi connectivity index (χ1v) is 35.3. The lowest BCUT2D eigenvalue weighted by atomic mass is 10.1. The van der Waals surface area contributed by atoms with E-state index < -0.39 is 16.9 Å². The molecule has 0 amide bonds. The van der Waals surface area contributed by atoms with Crippen molar-refractivity contribution in [2.24, 2.45) is 0 Å². The normalized spacial score (nSPS) is 12.9. The maximum atomic E-state index is 2.56. The van der Waals surface area contributed by atoms with Gasteiger partial charge in [-0.25, -0.2) is 0 Å². The molecule has 0 N–H and O–H groups in total. The molecular weight excluding hydrogens is 1130 g/mol. The summed E-state index contributed by atoms with van der Waals surface area (Å²) in [4.78, 5) is 0. The molecule has 0 saturated heterocycles. The van der Waals surface area contributed by atoms with Gasteiger partial charge in [0.15, 0.2) is 8.07 Å². The summed E-state index contributed by atoms with van der Waals surface area (Å²) in [5.41, 5.74) is 15.5. The molecule has 0 aliphatic heterocycles. The number of rotatable bonds is 11. The largest absolute Gasteiger partial charge is 0.309 e. The fraction of sp³-hybridized carbons (Fsp3) is 0.0118. The van der Waals surface area contributed by atoms with Crippen molar-refractivity contribution in [3.8, 4) is 22.7 Å². The molecule has 0 aliphatic carbocycles. The third kappa shape index (κ3) is 8.13. The third-order valence-corrected chi connectivity index (χ3v) is 28.1. The van der Waals surface area contributed by atoms with E-state index in [0.717, 1.165) is 22.7 Å². The predicted molar refractivity (Wildman–Crippen MR) is 391 cm³/mol. The highest BCUT2D eigenvalue weighted by atomic mass is 28.3. The van der Waals surface area contributed by atoms with E-state index in [9.17, 15) is 0 Å². The number of aryl methyl sites for hydroxylation is 1. The summed E-state index contributed by atoms with van der Waals surface area (Å²) in [6.07, 6.45) is 0. The minimum atomic E-state index is -3.29. The maximum Gasteiger partial charge on any atom is 0.179 e. The van der Waals surface area contributed by atoms with Gasteiger partial charge in [-0.3, -0.25) is 0 Å². The van der Waals surface area contributed by atoms with Crippen LogP contribution in [0.25, 0.3) is 110 Å². The Hall–Kier alpha value is -11.3. The van der Waals surface area contributed by atoms with Crippen LogP contribution in [-0.2, 0) is 0 Å². The number of nitrogens with zero attached hydrogens (tertiary/aromatic N) is 4. The van der Waals surface area contributed by atoms with Gasteiger partial charge in [-0.2, -0.15) is 0 Å². The number of para-hydroxylation sites is 6. The quantitative estimate of drug-likeness (QED) is 0.0909. The summed E-state index contributed by atoms with van der Waals surface area (Å²) < 4.78 is 9.90. The van der Waals surface area contributed by atoms with Crippen LogP contribution in [0.15, 0.2) is 340 Å². The van der Waals surface area contributed by atoms with E-state index in [1.807, 2.05) is 0 Å². The summed E-state index contributed by atoms with van der Waals surface area (Å²) >= 11 is 0. The summed E-state index contributed by atoms with van der Waals surface area (Å²) in [7, 11) is -5.64. The maximum absolute atomic E-state index is 3.29. The SMILES string of the molecule is Cc1ccccc1[Si](c1ccccc1)(c1cccc(-n2c3ccccc3c3cc(-n4c5ccccc5c5ccccc54)ccc32)c1)c1ccccc1[SiH](c1ccccc1)c1cccc(-n2c3ccccc3c3cc(-n4c5ccccc5c5ccccc54)ccc32)c1. The second-order valence-corrected chi connectivity index (χ2v) is 30.9. The molecule has 428 valence electrons. The summed E-state index contributed by atoms with van der Waals surface area (Å²) in [6, 6.07) is 128. The molecule has 0 fully saturated rings. The van der Waals surface area contributed by atoms with Crippen LogP contribution in [0.3, 0.4) is 0 Å². The van der Waals surface area contributed by atoms with Gasteiger partial charge in [-0.15, -0.1) is 0 Å². The van der Waals surface area contributed by atoms with E-state index in [-0.39, 0.29) is 0 Å². The zero-order valence-corrected chi connectivity index (χ0v) is 52.4.